The molecule has 10 heteroatoms. The molecule has 3 N–H and O–H groups in total. The molecule has 3 aromatic rings. The van der Waals surface area contributed by atoms with E-state index in [1.165, 1.54) is 7.11 Å². The zero-order valence-corrected chi connectivity index (χ0v) is 18.7. The molecule has 0 bridgehead atoms. The second kappa shape index (κ2) is 9.62. The van der Waals surface area contributed by atoms with Crippen molar-refractivity contribution < 1.29 is 18.5 Å². The third kappa shape index (κ3) is 5.50. The molecule has 166 valence electrons. The van der Waals surface area contributed by atoms with Crippen molar-refractivity contribution in [2.24, 2.45) is 0 Å². The van der Waals surface area contributed by atoms with E-state index in [1.807, 2.05) is 0 Å². The molecule has 0 aliphatic carbocycles. The molecule has 2 aromatic carbocycles. The fourth-order valence-corrected chi connectivity index (χ4v) is 4.04. The summed E-state index contributed by atoms with van der Waals surface area (Å²) in [4.78, 5) is 19.8. The molecule has 0 aliphatic heterocycles. The molecule has 0 fully saturated rings. The van der Waals surface area contributed by atoms with Crippen molar-refractivity contribution in [1.82, 2.24) is 9.97 Å². The van der Waals surface area contributed by atoms with E-state index in [0.717, 1.165) is 12.3 Å². The van der Waals surface area contributed by atoms with Gasteiger partial charge in [0.05, 0.1) is 24.7 Å². The lowest BCUT2D eigenvalue weighted by Crippen LogP contribution is -2.12. The van der Waals surface area contributed by atoms with Crippen LogP contribution in [0, 0.1) is 5.82 Å². The maximum Gasteiger partial charge on any atom is 0.247 e. The summed E-state index contributed by atoms with van der Waals surface area (Å²) in [6.07, 6.45) is 2.18. The van der Waals surface area contributed by atoms with Gasteiger partial charge in [-0.1, -0.05) is 18.7 Å². The van der Waals surface area contributed by atoms with Crippen LogP contribution in [-0.2, 0) is 9.36 Å². The number of aromatic nitrogens is 2. The molecule has 1 heterocycles. The van der Waals surface area contributed by atoms with E-state index < -0.39 is 13.0 Å². The van der Waals surface area contributed by atoms with Gasteiger partial charge in [-0.25, -0.2) is 9.37 Å². The lowest BCUT2D eigenvalue weighted by molar-refractivity contribution is -0.111. The molecular weight excluding hydrogens is 432 g/mol. The van der Waals surface area contributed by atoms with Gasteiger partial charge < -0.3 is 25.3 Å². The van der Waals surface area contributed by atoms with Gasteiger partial charge in [-0.3, -0.25) is 4.79 Å². The highest BCUT2D eigenvalue weighted by molar-refractivity contribution is 7.70. The van der Waals surface area contributed by atoms with Crippen LogP contribution in [0.15, 0.2) is 61.3 Å². The minimum atomic E-state index is -2.61. The van der Waals surface area contributed by atoms with Crippen molar-refractivity contribution >= 4 is 47.2 Å². The molecule has 1 aromatic heterocycles. The minimum Gasteiger partial charge on any atom is -0.495 e. The van der Waals surface area contributed by atoms with Crippen LogP contribution < -0.4 is 26.0 Å². The van der Waals surface area contributed by atoms with Gasteiger partial charge in [0.1, 0.15) is 12.9 Å². The van der Waals surface area contributed by atoms with Crippen LogP contribution in [0.25, 0.3) is 0 Å². The maximum absolute atomic E-state index is 14.4. The number of carbonyl (C=O) groups excluding carboxylic acids is 1. The van der Waals surface area contributed by atoms with Crippen LogP contribution in [0.1, 0.15) is 0 Å². The number of hydrogen-bond acceptors (Lipinski definition) is 7. The van der Waals surface area contributed by atoms with Gasteiger partial charge in [0.2, 0.25) is 11.9 Å². The normalized spacial score (nSPS) is 10.9. The van der Waals surface area contributed by atoms with Crippen LogP contribution in [0.4, 0.5) is 33.2 Å². The van der Waals surface area contributed by atoms with Crippen LogP contribution in [0.5, 0.6) is 5.75 Å². The summed E-state index contributed by atoms with van der Waals surface area (Å²) in [7, 11) is -1.12. The predicted octanol–water partition coefficient (Wildman–Crippen LogP) is 4.48. The number of halogens is 1. The molecule has 32 heavy (non-hydrogen) atoms. The summed E-state index contributed by atoms with van der Waals surface area (Å²) >= 11 is 0. The molecule has 0 spiro atoms. The highest BCUT2D eigenvalue weighted by Gasteiger charge is 2.18. The van der Waals surface area contributed by atoms with E-state index in [1.54, 1.807) is 55.8 Å². The number of nitrogens with zero attached hydrogens (tertiary/aromatic N) is 2. The number of hydrogen-bond donors (Lipinski definition) is 3. The van der Waals surface area contributed by atoms with Crippen molar-refractivity contribution in [3.8, 4) is 5.75 Å². The van der Waals surface area contributed by atoms with E-state index in [4.69, 9.17) is 4.74 Å². The summed E-state index contributed by atoms with van der Waals surface area (Å²) in [5.74, 6) is -0.571. The van der Waals surface area contributed by atoms with Gasteiger partial charge in [0.25, 0.3) is 0 Å². The van der Waals surface area contributed by atoms with Crippen molar-refractivity contribution in [1.29, 1.82) is 0 Å². The highest BCUT2D eigenvalue weighted by atomic mass is 31.2. The molecule has 0 saturated heterocycles. The van der Waals surface area contributed by atoms with Gasteiger partial charge >= 0.3 is 0 Å². The quantitative estimate of drug-likeness (QED) is 0.340. The number of rotatable bonds is 8. The third-order valence-corrected chi connectivity index (χ3v) is 5.93. The lowest BCUT2D eigenvalue weighted by atomic mass is 10.2. The summed E-state index contributed by atoms with van der Waals surface area (Å²) in [5, 5.41) is 9.11. The van der Waals surface area contributed by atoms with Gasteiger partial charge in [-0.15, -0.1) is 0 Å². The molecule has 0 saturated carbocycles. The Bertz CT molecular complexity index is 1210. The van der Waals surface area contributed by atoms with Crippen LogP contribution in [0.2, 0.25) is 0 Å². The van der Waals surface area contributed by atoms with Gasteiger partial charge in [-0.05, 0) is 49.7 Å². The van der Waals surface area contributed by atoms with Crippen molar-refractivity contribution in [2.45, 2.75) is 0 Å². The number of ether oxygens (including phenoxy) is 1. The molecule has 0 unspecified atom stereocenters. The van der Waals surface area contributed by atoms with Gasteiger partial charge in [-0.2, -0.15) is 4.98 Å². The topological polar surface area (TPSA) is 105 Å². The number of benzene rings is 2. The van der Waals surface area contributed by atoms with E-state index in [2.05, 4.69) is 32.5 Å². The summed E-state index contributed by atoms with van der Waals surface area (Å²) in [6, 6.07) is 11.9. The number of methoxy groups -OCH3 is 1. The van der Waals surface area contributed by atoms with Gasteiger partial charge in [0.15, 0.2) is 11.6 Å². The zero-order chi connectivity index (χ0) is 23.3. The molecule has 0 radical (unpaired) electrons. The summed E-state index contributed by atoms with van der Waals surface area (Å²) < 4.78 is 32.4. The Balaban J connectivity index is 1.92. The Morgan fingerprint density at radius 3 is 2.59 bits per heavy atom. The first-order valence-electron chi connectivity index (χ1n) is 9.54. The Morgan fingerprint density at radius 1 is 1.16 bits per heavy atom. The maximum atomic E-state index is 14.4. The first-order valence-corrected chi connectivity index (χ1v) is 12.1. The largest absolute Gasteiger partial charge is 0.495 e. The number of carbonyl (C=O) groups is 1. The standard InChI is InChI=1S/C22H23FN5O3P/c1-5-20(29)25-14-10-11-18(31-2)17(12-14)27-22-24-13-15(23)21(28-22)26-16-8-6-7-9-19(16)32(3,4)30/h5-13H,1H2,2-4H3,(H,25,29)(H2,24,26,27,28). The van der Waals surface area contributed by atoms with E-state index in [0.29, 0.717) is 28.1 Å². The minimum absolute atomic E-state index is 0.0847. The fraction of sp³-hybridized carbons (Fsp3) is 0.136. The molecular formula is C22H23FN5O3P. The zero-order valence-electron chi connectivity index (χ0n) is 17.8. The molecule has 1 amide bonds. The Labute approximate surface area is 185 Å². The summed E-state index contributed by atoms with van der Waals surface area (Å²) in [5.41, 5.74) is 1.45. The first kappa shape index (κ1) is 23.0. The SMILES string of the molecule is C=CC(=O)Nc1ccc(OC)c(Nc2ncc(F)c(Nc3ccccc3P(C)(C)=O)n2)c1. The smallest absolute Gasteiger partial charge is 0.247 e. The predicted molar refractivity (Wildman–Crippen MR) is 126 cm³/mol. The lowest BCUT2D eigenvalue weighted by Gasteiger charge is -2.16. The fourth-order valence-electron chi connectivity index (χ4n) is 2.89. The third-order valence-electron chi connectivity index (χ3n) is 4.38. The van der Waals surface area contributed by atoms with Crippen LogP contribution in [-0.4, -0.2) is 36.3 Å². The molecule has 0 aliphatic rings. The Kier molecular flexibility index (Phi) is 6.90. The average molecular weight is 455 g/mol. The van der Waals surface area contributed by atoms with E-state index in [-0.39, 0.29) is 17.7 Å². The Morgan fingerprint density at radius 2 is 1.91 bits per heavy atom. The van der Waals surface area contributed by atoms with Gasteiger partial charge in [0, 0.05) is 11.0 Å². The number of para-hydroxylation sites is 1. The van der Waals surface area contributed by atoms with E-state index in [9.17, 15) is 13.8 Å². The van der Waals surface area contributed by atoms with Crippen LogP contribution >= 0.6 is 7.14 Å². The number of amides is 1. The van der Waals surface area contributed by atoms with Crippen molar-refractivity contribution in [3.63, 3.8) is 0 Å². The average Bonchev–Trinajstić information content (AvgIpc) is 2.76. The van der Waals surface area contributed by atoms with Crippen molar-refractivity contribution in [2.75, 3.05) is 36.4 Å². The van der Waals surface area contributed by atoms with Crippen LogP contribution in [0.3, 0.4) is 0 Å². The second-order valence-corrected chi connectivity index (χ2v) is 10.3. The number of nitrogens with one attached hydrogen (secondary N) is 3. The Hall–Kier alpha value is -3.71. The molecule has 0 atom stereocenters. The monoisotopic (exact) mass is 455 g/mol. The van der Waals surface area contributed by atoms with Crippen molar-refractivity contribution in [3.05, 3.63) is 67.1 Å². The number of anilines is 5. The first-order chi connectivity index (χ1) is 15.2. The highest BCUT2D eigenvalue weighted by Crippen LogP contribution is 2.38. The second-order valence-electron chi connectivity index (χ2n) is 7.12. The molecule has 3 rings (SSSR count). The molecule has 8 nitrogen and oxygen atoms in total. The van der Waals surface area contributed by atoms with E-state index >= 15 is 0 Å². The summed E-state index contributed by atoms with van der Waals surface area (Å²) in [6.45, 7) is 6.70.